The maximum absolute atomic E-state index is 14.6. The highest BCUT2D eigenvalue weighted by atomic mass is 35.5. The second-order valence-electron chi connectivity index (χ2n) is 12.6. The van der Waals surface area contributed by atoms with Crippen LogP contribution in [0.25, 0.3) is 0 Å². The van der Waals surface area contributed by atoms with Crippen LogP contribution in [0.15, 0.2) is 108 Å². The van der Waals surface area contributed by atoms with Gasteiger partial charge in [-0.3, -0.25) is 13.9 Å². The van der Waals surface area contributed by atoms with Crippen LogP contribution >= 0.6 is 11.6 Å². The van der Waals surface area contributed by atoms with E-state index in [1.807, 2.05) is 30.3 Å². The molecule has 4 aromatic rings. The van der Waals surface area contributed by atoms with Crippen LogP contribution in [0, 0.1) is 6.92 Å². The van der Waals surface area contributed by atoms with E-state index in [0.717, 1.165) is 55.4 Å². The van der Waals surface area contributed by atoms with Crippen LogP contribution in [0.3, 0.4) is 0 Å². The molecule has 0 aliphatic heterocycles. The van der Waals surface area contributed by atoms with Gasteiger partial charge in [0.1, 0.15) is 12.6 Å². The molecular formula is C38H39ClF3N3O4S. The Morgan fingerprint density at radius 2 is 1.52 bits per heavy atom. The normalized spacial score (nSPS) is 14.5. The molecule has 1 aliphatic rings. The Balaban J connectivity index is 1.60. The molecule has 5 rings (SSSR count). The molecule has 1 N–H and O–H groups in total. The molecule has 0 spiro atoms. The maximum atomic E-state index is 14.6. The average molecular weight is 726 g/mol. The van der Waals surface area contributed by atoms with Crippen LogP contribution in [0.4, 0.5) is 18.9 Å². The van der Waals surface area contributed by atoms with E-state index in [1.54, 1.807) is 43.3 Å². The van der Waals surface area contributed by atoms with Crippen molar-refractivity contribution in [2.75, 3.05) is 10.8 Å². The van der Waals surface area contributed by atoms with Crippen molar-refractivity contribution < 1.29 is 31.2 Å². The summed E-state index contributed by atoms with van der Waals surface area (Å²) in [5.41, 5.74) is 0.702. The van der Waals surface area contributed by atoms with Gasteiger partial charge in [-0.05, 0) is 73.4 Å². The Hall–Kier alpha value is -4.35. The predicted octanol–water partition coefficient (Wildman–Crippen LogP) is 7.95. The highest BCUT2D eigenvalue weighted by molar-refractivity contribution is 7.92. The summed E-state index contributed by atoms with van der Waals surface area (Å²) in [4.78, 5) is 29.9. The average Bonchev–Trinajstić information content (AvgIpc) is 3.09. The molecule has 264 valence electrons. The van der Waals surface area contributed by atoms with Crippen LogP contribution in [0.1, 0.15) is 54.4 Å². The zero-order chi connectivity index (χ0) is 35.9. The number of nitrogens with zero attached hydrogens (tertiary/aromatic N) is 2. The minimum Gasteiger partial charge on any atom is -0.352 e. The van der Waals surface area contributed by atoms with Gasteiger partial charge in [-0.15, -0.1) is 0 Å². The minimum atomic E-state index is -4.77. The number of hydrogen-bond donors (Lipinski definition) is 1. The monoisotopic (exact) mass is 725 g/mol. The van der Waals surface area contributed by atoms with E-state index in [0.29, 0.717) is 21.0 Å². The standard InChI is InChI=1S/C38H39ClF3N3O4S/c1-27-18-20-34(21-19-27)50(48,49)45(33-17-9-13-30(24-33)38(40,41)42)26-36(46)44(25-29-12-8-14-31(39)22-29)35(23-28-10-4-2-5-11-28)37(47)43-32-15-6-3-7-16-32/h2,4-5,8-14,17-22,24,32,35H,3,6-7,15-16,23,25-26H2,1H3,(H,43,47)/t35-/m0/s1. The molecule has 0 bridgehead atoms. The van der Waals surface area contributed by atoms with Crippen molar-refractivity contribution in [3.05, 3.63) is 130 Å². The molecule has 1 saturated carbocycles. The highest BCUT2D eigenvalue weighted by Gasteiger charge is 2.37. The van der Waals surface area contributed by atoms with E-state index < -0.39 is 46.2 Å². The number of nitrogens with one attached hydrogen (secondary N) is 1. The topological polar surface area (TPSA) is 86.8 Å². The molecule has 0 unspecified atom stereocenters. The van der Waals surface area contributed by atoms with E-state index >= 15 is 0 Å². The largest absolute Gasteiger partial charge is 0.416 e. The Bertz CT molecular complexity index is 1880. The summed E-state index contributed by atoms with van der Waals surface area (Å²) in [6.07, 6.45) is -0.0746. The molecule has 0 saturated heterocycles. The molecule has 0 aromatic heterocycles. The van der Waals surface area contributed by atoms with E-state index in [9.17, 15) is 31.2 Å². The van der Waals surface area contributed by atoms with E-state index in [1.165, 1.54) is 23.1 Å². The van der Waals surface area contributed by atoms with Crippen molar-refractivity contribution in [3.63, 3.8) is 0 Å². The summed E-state index contributed by atoms with van der Waals surface area (Å²) in [5, 5.41) is 3.52. The zero-order valence-electron chi connectivity index (χ0n) is 27.6. The summed E-state index contributed by atoms with van der Waals surface area (Å²) < 4.78 is 70.7. The van der Waals surface area contributed by atoms with Crippen molar-refractivity contribution >= 4 is 39.1 Å². The van der Waals surface area contributed by atoms with E-state index in [2.05, 4.69) is 5.32 Å². The Kier molecular flexibility index (Phi) is 11.9. The molecule has 12 heteroatoms. The smallest absolute Gasteiger partial charge is 0.352 e. The lowest BCUT2D eigenvalue weighted by atomic mass is 9.94. The van der Waals surface area contributed by atoms with Gasteiger partial charge in [0.15, 0.2) is 0 Å². The van der Waals surface area contributed by atoms with Crippen LogP contribution in [-0.2, 0) is 38.8 Å². The molecule has 0 heterocycles. The van der Waals surface area contributed by atoms with Crippen molar-refractivity contribution in [1.29, 1.82) is 0 Å². The van der Waals surface area contributed by atoms with Gasteiger partial charge < -0.3 is 10.2 Å². The van der Waals surface area contributed by atoms with Crippen molar-refractivity contribution in [2.45, 2.75) is 75.1 Å². The van der Waals surface area contributed by atoms with Crippen molar-refractivity contribution in [2.24, 2.45) is 0 Å². The van der Waals surface area contributed by atoms with E-state index in [4.69, 9.17) is 11.6 Å². The van der Waals surface area contributed by atoms with Crippen LogP contribution in [0.5, 0.6) is 0 Å². The molecule has 1 fully saturated rings. The first-order chi connectivity index (χ1) is 23.8. The van der Waals surface area contributed by atoms with Gasteiger partial charge in [0.05, 0.1) is 16.1 Å². The van der Waals surface area contributed by atoms with Gasteiger partial charge >= 0.3 is 6.18 Å². The summed E-state index contributed by atoms with van der Waals surface area (Å²) in [6, 6.07) is 24.4. The Labute approximate surface area is 296 Å². The lowest BCUT2D eigenvalue weighted by molar-refractivity contribution is -0.140. The zero-order valence-corrected chi connectivity index (χ0v) is 29.1. The molecule has 0 radical (unpaired) electrons. The van der Waals surface area contributed by atoms with Gasteiger partial charge in [-0.2, -0.15) is 13.2 Å². The number of alkyl halides is 3. The third-order valence-electron chi connectivity index (χ3n) is 8.81. The Morgan fingerprint density at radius 1 is 0.860 bits per heavy atom. The SMILES string of the molecule is Cc1ccc(S(=O)(=O)N(CC(=O)N(Cc2cccc(Cl)c2)[C@@H](Cc2ccccc2)C(=O)NC2CCCCC2)c2cccc(C(F)(F)F)c2)cc1. The highest BCUT2D eigenvalue weighted by Crippen LogP contribution is 2.34. The second-order valence-corrected chi connectivity index (χ2v) is 14.9. The Morgan fingerprint density at radius 3 is 2.18 bits per heavy atom. The fourth-order valence-electron chi connectivity index (χ4n) is 6.13. The quantitative estimate of drug-likeness (QED) is 0.161. The third kappa shape index (κ3) is 9.45. The first-order valence-electron chi connectivity index (χ1n) is 16.5. The van der Waals surface area contributed by atoms with E-state index in [-0.39, 0.29) is 29.6 Å². The summed E-state index contributed by atoms with van der Waals surface area (Å²) in [7, 11) is -4.57. The number of carbonyl (C=O) groups is 2. The number of sulfonamides is 1. The first kappa shape index (κ1) is 36.9. The lowest BCUT2D eigenvalue weighted by Gasteiger charge is -2.35. The number of amides is 2. The fraction of sp³-hybridized carbons (Fsp3) is 0.316. The van der Waals surface area contributed by atoms with Crippen molar-refractivity contribution in [1.82, 2.24) is 10.2 Å². The molecule has 4 aromatic carbocycles. The number of halogens is 4. The molecule has 7 nitrogen and oxygen atoms in total. The van der Waals surface area contributed by atoms with Gasteiger partial charge in [0.2, 0.25) is 11.8 Å². The fourth-order valence-corrected chi connectivity index (χ4v) is 7.75. The number of anilines is 1. The maximum Gasteiger partial charge on any atom is 0.416 e. The van der Waals surface area contributed by atoms with Gasteiger partial charge in [0.25, 0.3) is 10.0 Å². The lowest BCUT2D eigenvalue weighted by Crippen LogP contribution is -2.55. The van der Waals surface area contributed by atoms with Gasteiger partial charge in [-0.25, -0.2) is 8.42 Å². The minimum absolute atomic E-state index is 0.0823. The number of hydrogen-bond acceptors (Lipinski definition) is 4. The molecule has 1 aliphatic carbocycles. The second kappa shape index (κ2) is 16.1. The van der Waals surface area contributed by atoms with Crippen LogP contribution in [-0.4, -0.2) is 43.8 Å². The molecule has 1 atom stereocenters. The van der Waals surface area contributed by atoms with Gasteiger partial charge in [0, 0.05) is 24.0 Å². The van der Waals surface area contributed by atoms with Crippen molar-refractivity contribution in [3.8, 4) is 0 Å². The summed E-state index contributed by atoms with van der Waals surface area (Å²) in [5.74, 6) is -1.18. The predicted molar refractivity (Wildman–Crippen MR) is 188 cm³/mol. The number of aryl methyl sites for hydroxylation is 1. The molecule has 50 heavy (non-hydrogen) atoms. The molecule has 2 amide bonds. The van der Waals surface area contributed by atoms with Crippen LogP contribution in [0.2, 0.25) is 5.02 Å². The number of carbonyl (C=O) groups excluding carboxylic acids is 2. The molecular weight excluding hydrogens is 687 g/mol. The summed E-state index contributed by atoms with van der Waals surface area (Å²) in [6.45, 7) is 0.777. The van der Waals surface area contributed by atoms with Gasteiger partial charge in [-0.1, -0.05) is 97.1 Å². The third-order valence-corrected chi connectivity index (χ3v) is 10.8. The first-order valence-corrected chi connectivity index (χ1v) is 18.3. The van der Waals surface area contributed by atoms with Crippen LogP contribution < -0.4 is 9.62 Å². The summed E-state index contributed by atoms with van der Waals surface area (Å²) >= 11 is 6.30. The number of rotatable bonds is 12. The number of benzene rings is 4.